The Labute approximate surface area is 125 Å². The summed E-state index contributed by atoms with van der Waals surface area (Å²) in [5.74, 6) is 1.62. The summed E-state index contributed by atoms with van der Waals surface area (Å²) in [7, 11) is 0. The van der Waals surface area contributed by atoms with Crippen LogP contribution in [0, 0.1) is 5.92 Å². The van der Waals surface area contributed by atoms with Gasteiger partial charge in [0.2, 0.25) is 11.9 Å². The number of aromatic amines is 1. The van der Waals surface area contributed by atoms with Crippen LogP contribution in [0.1, 0.15) is 18.1 Å². The van der Waals surface area contributed by atoms with Crippen LogP contribution in [0.3, 0.4) is 0 Å². The van der Waals surface area contributed by atoms with Crippen molar-refractivity contribution < 1.29 is 9.21 Å². The Bertz CT molecular complexity index is 781. The molecule has 22 heavy (non-hydrogen) atoms. The van der Waals surface area contributed by atoms with Gasteiger partial charge in [-0.05, 0) is 30.7 Å². The summed E-state index contributed by atoms with van der Waals surface area (Å²) in [4.78, 5) is 20.6. The topological polar surface area (TPSA) is 96.7 Å². The van der Waals surface area contributed by atoms with E-state index in [9.17, 15) is 4.79 Å². The zero-order chi connectivity index (χ0) is 14.9. The van der Waals surface area contributed by atoms with Crippen LogP contribution >= 0.6 is 0 Å². The predicted molar refractivity (Wildman–Crippen MR) is 77.8 cm³/mol. The third-order valence-corrected chi connectivity index (χ3v) is 3.66. The minimum atomic E-state index is -0.0898. The first-order chi connectivity index (χ1) is 10.8. The average molecular weight is 295 g/mol. The molecule has 7 heteroatoms. The van der Waals surface area contributed by atoms with Crippen molar-refractivity contribution in [2.75, 3.05) is 5.32 Å². The molecule has 0 saturated heterocycles. The number of aromatic nitrogens is 4. The van der Waals surface area contributed by atoms with E-state index in [1.807, 2.05) is 30.3 Å². The molecule has 7 nitrogen and oxygen atoms in total. The molecule has 1 aliphatic rings. The molecule has 0 radical (unpaired) electrons. The molecule has 3 heterocycles. The largest absolute Gasteiger partial charge is 0.469 e. The lowest BCUT2D eigenvalue weighted by Crippen LogP contribution is -2.15. The number of carbonyl (C=O) groups is 1. The van der Waals surface area contributed by atoms with Crippen molar-refractivity contribution >= 4 is 11.9 Å². The third-order valence-electron chi connectivity index (χ3n) is 3.66. The van der Waals surface area contributed by atoms with Gasteiger partial charge in [0, 0.05) is 18.0 Å². The predicted octanol–water partition coefficient (Wildman–Crippen LogP) is 2.20. The molecule has 1 aliphatic carbocycles. The lowest BCUT2D eigenvalue weighted by atomic mass is 10.2. The van der Waals surface area contributed by atoms with Crippen molar-refractivity contribution in [3.05, 3.63) is 48.6 Å². The Morgan fingerprint density at radius 1 is 1.32 bits per heavy atom. The van der Waals surface area contributed by atoms with E-state index in [0.29, 0.717) is 11.5 Å². The number of nitrogens with zero attached hydrogens (tertiary/aromatic N) is 3. The molecule has 0 spiro atoms. The number of hydrogen-bond acceptors (Lipinski definition) is 5. The first kappa shape index (κ1) is 12.8. The maximum atomic E-state index is 12.2. The SMILES string of the molecule is O=C(Nc1n[nH]c(-c2ccccn2)n1)[C@@H]1C[C@H]1c1ccco1. The van der Waals surface area contributed by atoms with Crippen molar-refractivity contribution in [3.63, 3.8) is 0 Å². The van der Waals surface area contributed by atoms with Gasteiger partial charge >= 0.3 is 0 Å². The number of carbonyl (C=O) groups excluding carboxylic acids is 1. The van der Waals surface area contributed by atoms with Gasteiger partial charge in [0.25, 0.3) is 0 Å². The summed E-state index contributed by atoms with van der Waals surface area (Å²) in [5, 5.41) is 9.49. The van der Waals surface area contributed by atoms with E-state index in [0.717, 1.165) is 12.2 Å². The zero-order valence-corrected chi connectivity index (χ0v) is 11.6. The van der Waals surface area contributed by atoms with Crippen LogP contribution in [0.2, 0.25) is 0 Å². The molecule has 4 rings (SSSR count). The van der Waals surface area contributed by atoms with E-state index in [4.69, 9.17) is 4.42 Å². The van der Waals surface area contributed by atoms with Crippen LogP contribution in [0.4, 0.5) is 5.95 Å². The van der Waals surface area contributed by atoms with Crippen LogP contribution in [0.15, 0.2) is 47.2 Å². The van der Waals surface area contributed by atoms with Gasteiger partial charge in [-0.1, -0.05) is 6.07 Å². The number of hydrogen-bond donors (Lipinski definition) is 2. The second kappa shape index (κ2) is 5.10. The summed E-state index contributed by atoms with van der Waals surface area (Å²) in [5.41, 5.74) is 0.676. The highest BCUT2D eigenvalue weighted by Gasteiger charge is 2.46. The van der Waals surface area contributed by atoms with E-state index >= 15 is 0 Å². The summed E-state index contributed by atoms with van der Waals surface area (Å²) >= 11 is 0. The number of furan rings is 1. The number of nitrogens with one attached hydrogen (secondary N) is 2. The average Bonchev–Trinajstić information content (AvgIpc) is 2.97. The van der Waals surface area contributed by atoms with Crippen molar-refractivity contribution in [2.45, 2.75) is 12.3 Å². The molecular weight excluding hydrogens is 282 g/mol. The molecule has 2 atom stereocenters. The fourth-order valence-corrected chi connectivity index (χ4v) is 2.44. The molecule has 0 bridgehead atoms. The zero-order valence-electron chi connectivity index (χ0n) is 11.6. The quantitative estimate of drug-likeness (QED) is 0.769. The van der Waals surface area contributed by atoms with Crippen LogP contribution < -0.4 is 5.32 Å². The van der Waals surface area contributed by atoms with Crippen LogP contribution in [0.25, 0.3) is 11.5 Å². The standard InChI is InChI=1S/C15H13N5O2/c21-14(10-8-9(10)12-5-3-7-22-12)18-15-17-13(19-20-15)11-4-1-2-6-16-11/h1-7,9-10H,8H2,(H2,17,18,19,20,21)/t9-,10-/m1/s1. The summed E-state index contributed by atoms with van der Waals surface area (Å²) in [6.07, 6.45) is 4.09. The Morgan fingerprint density at radius 2 is 2.27 bits per heavy atom. The Hall–Kier alpha value is -2.96. The van der Waals surface area contributed by atoms with Crippen LogP contribution in [-0.4, -0.2) is 26.1 Å². The van der Waals surface area contributed by atoms with E-state index in [1.54, 1.807) is 12.5 Å². The van der Waals surface area contributed by atoms with Gasteiger partial charge in [-0.15, -0.1) is 5.10 Å². The van der Waals surface area contributed by atoms with E-state index in [2.05, 4.69) is 25.5 Å². The molecule has 2 N–H and O–H groups in total. The molecule has 0 aliphatic heterocycles. The van der Waals surface area contributed by atoms with E-state index < -0.39 is 0 Å². The van der Waals surface area contributed by atoms with Crippen LogP contribution in [0.5, 0.6) is 0 Å². The van der Waals surface area contributed by atoms with Gasteiger partial charge in [-0.25, -0.2) is 0 Å². The van der Waals surface area contributed by atoms with Gasteiger partial charge in [0.05, 0.1) is 6.26 Å². The maximum Gasteiger partial charge on any atom is 0.249 e. The summed E-state index contributed by atoms with van der Waals surface area (Å²) in [6.45, 7) is 0. The number of anilines is 1. The lowest BCUT2D eigenvalue weighted by Gasteiger charge is -1.98. The van der Waals surface area contributed by atoms with Gasteiger partial charge in [-0.2, -0.15) is 4.98 Å². The molecule has 1 amide bonds. The molecule has 0 aromatic carbocycles. The van der Waals surface area contributed by atoms with Gasteiger partial charge in [0.15, 0.2) is 5.82 Å². The molecular formula is C15H13N5O2. The molecule has 0 unspecified atom stereocenters. The van der Waals surface area contributed by atoms with Crippen molar-refractivity contribution in [1.82, 2.24) is 20.2 Å². The van der Waals surface area contributed by atoms with Gasteiger partial charge < -0.3 is 4.42 Å². The monoisotopic (exact) mass is 295 g/mol. The van der Waals surface area contributed by atoms with Crippen LogP contribution in [-0.2, 0) is 4.79 Å². The number of rotatable bonds is 4. The van der Waals surface area contributed by atoms with E-state index in [1.165, 1.54) is 0 Å². The molecule has 3 aromatic heterocycles. The Morgan fingerprint density at radius 3 is 3.05 bits per heavy atom. The summed E-state index contributed by atoms with van der Waals surface area (Å²) in [6, 6.07) is 9.23. The first-order valence-electron chi connectivity index (χ1n) is 6.99. The number of H-pyrrole nitrogens is 1. The smallest absolute Gasteiger partial charge is 0.249 e. The fraction of sp³-hybridized carbons (Fsp3) is 0.200. The molecule has 110 valence electrons. The third kappa shape index (κ3) is 2.37. The summed E-state index contributed by atoms with van der Waals surface area (Å²) < 4.78 is 5.32. The lowest BCUT2D eigenvalue weighted by molar-refractivity contribution is -0.117. The van der Waals surface area contributed by atoms with E-state index in [-0.39, 0.29) is 23.7 Å². The maximum absolute atomic E-state index is 12.2. The second-order valence-electron chi connectivity index (χ2n) is 5.18. The number of pyridine rings is 1. The highest BCUT2D eigenvalue weighted by Crippen LogP contribution is 2.48. The molecule has 3 aromatic rings. The first-order valence-corrected chi connectivity index (χ1v) is 6.99. The van der Waals surface area contributed by atoms with Crippen molar-refractivity contribution in [2.24, 2.45) is 5.92 Å². The Balaban J connectivity index is 1.42. The minimum absolute atomic E-state index is 0.0806. The van der Waals surface area contributed by atoms with Crippen molar-refractivity contribution in [3.8, 4) is 11.5 Å². The number of amides is 1. The Kier molecular flexibility index (Phi) is 2.96. The van der Waals surface area contributed by atoms with Crippen molar-refractivity contribution in [1.29, 1.82) is 0 Å². The van der Waals surface area contributed by atoms with Gasteiger partial charge in [-0.3, -0.25) is 20.2 Å². The van der Waals surface area contributed by atoms with Gasteiger partial charge in [0.1, 0.15) is 11.5 Å². The molecule has 1 fully saturated rings. The highest BCUT2D eigenvalue weighted by molar-refractivity contribution is 5.93. The highest BCUT2D eigenvalue weighted by atomic mass is 16.3. The molecule has 1 saturated carbocycles. The fourth-order valence-electron chi connectivity index (χ4n) is 2.44. The normalized spacial score (nSPS) is 19.8. The minimum Gasteiger partial charge on any atom is -0.469 e. The second-order valence-corrected chi connectivity index (χ2v) is 5.18.